The van der Waals surface area contributed by atoms with Gasteiger partial charge in [-0.05, 0) is 38.5 Å². The Hall–Kier alpha value is -2.08. The maximum atomic E-state index is 11.4. The van der Waals surface area contributed by atoms with Crippen LogP contribution in [-0.2, 0) is 16.0 Å². The van der Waals surface area contributed by atoms with Gasteiger partial charge >= 0.3 is 12.1 Å². The molecule has 0 unspecified atom stereocenters. The van der Waals surface area contributed by atoms with Crippen molar-refractivity contribution in [1.82, 2.24) is 10.9 Å². The fraction of sp³-hybridized carbons (Fsp3) is 0.429. The molecule has 0 aromatic heterocycles. The monoisotopic (exact) mass is 280 g/mol. The molecule has 1 aromatic rings. The highest BCUT2D eigenvalue weighted by atomic mass is 16.6. The number of hydrogen-bond donors (Lipinski definition) is 2. The summed E-state index contributed by atoms with van der Waals surface area (Å²) in [5.74, 6) is -0.396. The predicted octanol–water partition coefficient (Wildman–Crippen LogP) is 2.00. The summed E-state index contributed by atoms with van der Waals surface area (Å²) in [5.41, 5.74) is 5.91. The van der Waals surface area contributed by atoms with Crippen LogP contribution >= 0.6 is 0 Å². The Labute approximate surface area is 118 Å². The second-order valence-corrected chi connectivity index (χ2v) is 5.17. The molecule has 110 valence electrons. The van der Waals surface area contributed by atoms with Crippen molar-refractivity contribution in [3.8, 4) is 0 Å². The molecule has 20 heavy (non-hydrogen) atoms. The number of hydrogen-bond acceptors (Lipinski definition) is 5. The van der Waals surface area contributed by atoms with Crippen LogP contribution in [0.5, 0.6) is 0 Å². The highest BCUT2D eigenvalue weighted by Crippen LogP contribution is 2.07. The van der Waals surface area contributed by atoms with Gasteiger partial charge < -0.3 is 9.47 Å². The van der Waals surface area contributed by atoms with E-state index in [2.05, 4.69) is 15.6 Å². The number of ether oxygens (including phenoxy) is 2. The zero-order valence-corrected chi connectivity index (χ0v) is 12.1. The maximum absolute atomic E-state index is 11.4. The average molecular weight is 280 g/mol. The lowest BCUT2D eigenvalue weighted by atomic mass is 10.1. The summed E-state index contributed by atoms with van der Waals surface area (Å²) in [5, 5.41) is 0. The number of benzene rings is 1. The fourth-order valence-corrected chi connectivity index (χ4v) is 1.45. The molecule has 0 aliphatic heterocycles. The molecule has 2 N–H and O–H groups in total. The lowest BCUT2D eigenvalue weighted by molar-refractivity contribution is 0.0495. The molecule has 1 aromatic carbocycles. The van der Waals surface area contributed by atoms with Gasteiger partial charge in [0, 0.05) is 6.54 Å². The summed E-state index contributed by atoms with van der Waals surface area (Å²) in [6.07, 6.45) is -0.554. The standard InChI is InChI=1S/C14H20N2O4/c1-14(2,3)20-13(18)16-15-9-10-6-5-7-11(8-10)12(17)19-4/h5-8,15H,9H2,1-4H3,(H,16,18). The van der Waals surface area contributed by atoms with E-state index >= 15 is 0 Å². The van der Waals surface area contributed by atoms with Crippen LogP contribution in [-0.4, -0.2) is 24.8 Å². The van der Waals surface area contributed by atoms with Crippen LogP contribution in [0, 0.1) is 0 Å². The van der Waals surface area contributed by atoms with Gasteiger partial charge in [-0.2, -0.15) is 0 Å². The number of nitrogens with one attached hydrogen (secondary N) is 2. The maximum Gasteiger partial charge on any atom is 0.422 e. The highest BCUT2D eigenvalue weighted by molar-refractivity contribution is 5.89. The first-order valence-electron chi connectivity index (χ1n) is 6.21. The molecule has 6 nitrogen and oxygen atoms in total. The largest absolute Gasteiger partial charge is 0.465 e. The second kappa shape index (κ2) is 6.91. The number of carbonyl (C=O) groups excluding carboxylic acids is 2. The van der Waals surface area contributed by atoms with Gasteiger partial charge in [-0.25, -0.2) is 15.0 Å². The van der Waals surface area contributed by atoms with Crippen molar-refractivity contribution in [2.75, 3.05) is 7.11 Å². The van der Waals surface area contributed by atoms with Crippen LogP contribution in [0.1, 0.15) is 36.7 Å². The third-order valence-corrected chi connectivity index (χ3v) is 2.23. The molecule has 0 saturated heterocycles. The molecule has 0 saturated carbocycles. The molecular formula is C14H20N2O4. The van der Waals surface area contributed by atoms with Crippen molar-refractivity contribution in [3.05, 3.63) is 35.4 Å². The summed E-state index contributed by atoms with van der Waals surface area (Å²) < 4.78 is 9.71. The number of rotatable bonds is 4. The summed E-state index contributed by atoms with van der Waals surface area (Å²) in [4.78, 5) is 22.8. The van der Waals surface area contributed by atoms with Crippen molar-refractivity contribution in [1.29, 1.82) is 0 Å². The SMILES string of the molecule is COC(=O)c1cccc(CNNC(=O)OC(C)(C)C)c1. The van der Waals surface area contributed by atoms with E-state index in [1.807, 2.05) is 6.07 Å². The molecule has 6 heteroatoms. The van der Waals surface area contributed by atoms with Gasteiger partial charge in [0.05, 0.1) is 12.7 Å². The van der Waals surface area contributed by atoms with Crippen molar-refractivity contribution in [3.63, 3.8) is 0 Å². The third-order valence-electron chi connectivity index (χ3n) is 2.23. The smallest absolute Gasteiger partial charge is 0.422 e. The predicted molar refractivity (Wildman–Crippen MR) is 74.0 cm³/mol. The van der Waals surface area contributed by atoms with Crippen molar-refractivity contribution < 1.29 is 19.1 Å². The van der Waals surface area contributed by atoms with E-state index in [1.54, 1.807) is 39.0 Å². The van der Waals surface area contributed by atoms with Crippen LogP contribution in [0.4, 0.5) is 4.79 Å². The van der Waals surface area contributed by atoms with E-state index in [4.69, 9.17) is 4.74 Å². The minimum atomic E-state index is -0.554. The van der Waals surface area contributed by atoms with E-state index < -0.39 is 17.7 Å². The minimum Gasteiger partial charge on any atom is -0.465 e. The number of carbonyl (C=O) groups is 2. The summed E-state index contributed by atoms with van der Waals surface area (Å²) >= 11 is 0. The lowest BCUT2D eigenvalue weighted by Crippen LogP contribution is -2.40. The van der Waals surface area contributed by atoms with Crippen LogP contribution in [0.25, 0.3) is 0 Å². The number of hydrazine groups is 1. The summed E-state index contributed by atoms with van der Waals surface area (Å²) in [6, 6.07) is 6.93. The molecule has 0 fully saturated rings. The molecule has 0 bridgehead atoms. The van der Waals surface area contributed by atoms with Gasteiger partial charge in [0.2, 0.25) is 0 Å². The normalized spacial score (nSPS) is 10.8. The molecule has 0 aliphatic carbocycles. The van der Waals surface area contributed by atoms with Crippen molar-refractivity contribution in [2.45, 2.75) is 32.9 Å². The summed E-state index contributed by atoms with van der Waals surface area (Å²) in [6.45, 7) is 5.72. The Kier molecular flexibility index (Phi) is 5.52. The van der Waals surface area contributed by atoms with E-state index in [1.165, 1.54) is 7.11 Å². The average Bonchev–Trinajstić information content (AvgIpc) is 2.36. The van der Waals surface area contributed by atoms with Gasteiger partial charge in [-0.1, -0.05) is 12.1 Å². The first-order valence-corrected chi connectivity index (χ1v) is 6.21. The Balaban J connectivity index is 2.46. The first-order chi connectivity index (χ1) is 9.31. The zero-order chi connectivity index (χ0) is 15.2. The molecule has 0 spiro atoms. The van der Waals surface area contributed by atoms with Crippen molar-refractivity contribution >= 4 is 12.1 Å². The van der Waals surface area contributed by atoms with Gasteiger partial charge in [0.1, 0.15) is 5.60 Å². The van der Waals surface area contributed by atoms with Crippen LogP contribution < -0.4 is 10.9 Å². The topological polar surface area (TPSA) is 76.7 Å². The van der Waals surface area contributed by atoms with E-state index in [9.17, 15) is 9.59 Å². The molecule has 0 atom stereocenters. The quantitative estimate of drug-likeness (QED) is 0.651. The Morgan fingerprint density at radius 3 is 2.55 bits per heavy atom. The second-order valence-electron chi connectivity index (χ2n) is 5.17. The Bertz CT molecular complexity index is 480. The minimum absolute atomic E-state index is 0.365. The lowest BCUT2D eigenvalue weighted by Gasteiger charge is -2.19. The molecular weight excluding hydrogens is 260 g/mol. The molecule has 0 radical (unpaired) electrons. The third kappa shape index (κ3) is 5.71. The van der Waals surface area contributed by atoms with Gasteiger partial charge in [-0.15, -0.1) is 0 Å². The number of methoxy groups -OCH3 is 1. The van der Waals surface area contributed by atoms with E-state index in [-0.39, 0.29) is 0 Å². The van der Waals surface area contributed by atoms with Crippen molar-refractivity contribution in [2.24, 2.45) is 0 Å². The molecule has 1 rings (SSSR count). The molecule has 1 amide bonds. The van der Waals surface area contributed by atoms with Crippen LogP contribution in [0.2, 0.25) is 0 Å². The number of amides is 1. The summed E-state index contributed by atoms with van der Waals surface area (Å²) in [7, 11) is 1.33. The molecule has 0 heterocycles. The van der Waals surface area contributed by atoms with E-state index in [0.717, 1.165) is 5.56 Å². The number of esters is 1. The van der Waals surface area contributed by atoms with Crippen LogP contribution in [0.15, 0.2) is 24.3 Å². The van der Waals surface area contributed by atoms with Gasteiger partial charge in [-0.3, -0.25) is 5.43 Å². The highest BCUT2D eigenvalue weighted by Gasteiger charge is 2.15. The van der Waals surface area contributed by atoms with E-state index in [0.29, 0.717) is 12.1 Å². The van der Waals surface area contributed by atoms with Gasteiger partial charge in [0.15, 0.2) is 0 Å². The fourth-order valence-electron chi connectivity index (χ4n) is 1.45. The Morgan fingerprint density at radius 2 is 1.95 bits per heavy atom. The molecule has 0 aliphatic rings. The van der Waals surface area contributed by atoms with Crippen LogP contribution in [0.3, 0.4) is 0 Å². The first kappa shape index (κ1) is 16.0. The Morgan fingerprint density at radius 1 is 1.25 bits per heavy atom. The van der Waals surface area contributed by atoms with Gasteiger partial charge in [0.25, 0.3) is 0 Å². The zero-order valence-electron chi connectivity index (χ0n) is 12.1.